The number of carboxylic acid groups (broad SMARTS) is 1. The van der Waals surface area contributed by atoms with Crippen LogP contribution in [-0.2, 0) is 4.74 Å². The molecule has 86 valence electrons. The van der Waals surface area contributed by atoms with E-state index in [4.69, 9.17) is 14.6 Å². The molecule has 4 nitrogen and oxygen atoms in total. The molecule has 0 aliphatic carbocycles. The van der Waals surface area contributed by atoms with E-state index in [0.29, 0.717) is 16.8 Å². The highest BCUT2D eigenvalue weighted by Crippen LogP contribution is 2.28. The largest absolute Gasteiger partial charge is 0.487 e. The van der Waals surface area contributed by atoms with Gasteiger partial charge in [0.1, 0.15) is 11.9 Å². The van der Waals surface area contributed by atoms with Crippen molar-refractivity contribution in [3.05, 3.63) is 28.2 Å². The smallest absolute Gasteiger partial charge is 0.335 e. The molecule has 0 amide bonds. The first-order valence-electron chi connectivity index (χ1n) is 4.94. The molecule has 1 atom stereocenters. The van der Waals surface area contributed by atoms with E-state index in [2.05, 4.69) is 15.9 Å². The van der Waals surface area contributed by atoms with Crippen LogP contribution in [0.3, 0.4) is 0 Å². The summed E-state index contributed by atoms with van der Waals surface area (Å²) < 4.78 is 11.5. The Hall–Kier alpha value is -1.07. The lowest BCUT2D eigenvalue weighted by molar-refractivity contribution is 0.0696. The molecule has 1 N–H and O–H groups in total. The number of carbonyl (C=O) groups is 1. The third-order valence-corrected chi connectivity index (χ3v) is 2.98. The first-order valence-corrected chi connectivity index (χ1v) is 5.73. The van der Waals surface area contributed by atoms with Gasteiger partial charge in [-0.1, -0.05) is 0 Å². The van der Waals surface area contributed by atoms with Crippen LogP contribution in [-0.4, -0.2) is 30.4 Å². The highest BCUT2D eigenvalue weighted by atomic mass is 79.9. The fraction of sp³-hybridized carbons (Fsp3) is 0.364. The molecule has 16 heavy (non-hydrogen) atoms. The molecule has 1 aromatic carbocycles. The summed E-state index contributed by atoms with van der Waals surface area (Å²) in [6, 6.07) is 4.72. The summed E-state index contributed by atoms with van der Waals surface area (Å²) in [6.45, 7) is 1.31. The van der Waals surface area contributed by atoms with E-state index >= 15 is 0 Å². The van der Waals surface area contributed by atoms with Gasteiger partial charge in [-0.25, -0.2) is 4.79 Å². The van der Waals surface area contributed by atoms with Crippen molar-refractivity contribution in [3.63, 3.8) is 0 Å². The Bertz CT molecular complexity index is 399. The first kappa shape index (κ1) is 11.4. The monoisotopic (exact) mass is 286 g/mol. The third-order valence-electron chi connectivity index (χ3n) is 2.36. The van der Waals surface area contributed by atoms with Crippen LogP contribution in [0.2, 0.25) is 0 Å². The Morgan fingerprint density at radius 2 is 2.38 bits per heavy atom. The highest BCUT2D eigenvalue weighted by molar-refractivity contribution is 9.10. The zero-order valence-corrected chi connectivity index (χ0v) is 10.1. The molecular weight excluding hydrogens is 276 g/mol. The Labute approximate surface area is 101 Å². The molecule has 0 aromatic heterocycles. The summed E-state index contributed by atoms with van der Waals surface area (Å²) in [4.78, 5) is 10.7. The van der Waals surface area contributed by atoms with Gasteiger partial charge in [0.2, 0.25) is 0 Å². The molecule has 0 spiro atoms. The zero-order valence-electron chi connectivity index (χ0n) is 8.48. The van der Waals surface area contributed by atoms with Crippen LogP contribution in [0.25, 0.3) is 0 Å². The van der Waals surface area contributed by atoms with E-state index in [0.717, 1.165) is 13.0 Å². The average molecular weight is 287 g/mol. The van der Waals surface area contributed by atoms with Crippen molar-refractivity contribution in [1.82, 2.24) is 0 Å². The lowest BCUT2D eigenvalue weighted by Crippen LogP contribution is -2.16. The summed E-state index contributed by atoms with van der Waals surface area (Å²) in [5.74, 6) is -0.294. The van der Waals surface area contributed by atoms with Gasteiger partial charge in [0, 0.05) is 6.42 Å². The number of rotatable bonds is 3. The van der Waals surface area contributed by atoms with E-state index in [1.165, 1.54) is 12.1 Å². The van der Waals surface area contributed by atoms with Crippen molar-refractivity contribution >= 4 is 21.9 Å². The van der Waals surface area contributed by atoms with Crippen molar-refractivity contribution in [2.24, 2.45) is 0 Å². The second kappa shape index (κ2) is 4.84. The van der Waals surface area contributed by atoms with E-state index in [9.17, 15) is 4.79 Å². The van der Waals surface area contributed by atoms with Crippen LogP contribution in [0.15, 0.2) is 22.7 Å². The molecular formula is C11H11BrO4. The number of carboxylic acids is 1. The van der Waals surface area contributed by atoms with Gasteiger partial charge < -0.3 is 14.6 Å². The summed E-state index contributed by atoms with van der Waals surface area (Å²) in [7, 11) is 0. The summed E-state index contributed by atoms with van der Waals surface area (Å²) in [6.07, 6.45) is 0.930. The van der Waals surface area contributed by atoms with Gasteiger partial charge in [-0.05, 0) is 34.1 Å². The van der Waals surface area contributed by atoms with Gasteiger partial charge in [-0.3, -0.25) is 0 Å². The molecule has 1 fully saturated rings. The maximum atomic E-state index is 10.7. The van der Waals surface area contributed by atoms with Crippen molar-refractivity contribution < 1.29 is 19.4 Å². The fourth-order valence-electron chi connectivity index (χ4n) is 1.51. The molecule has 1 heterocycles. The van der Waals surface area contributed by atoms with E-state index < -0.39 is 5.97 Å². The van der Waals surface area contributed by atoms with Gasteiger partial charge >= 0.3 is 5.97 Å². The van der Waals surface area contributed by atoms with Crippen molar-refractivity contribution in [2.75, 3.05) is 13.2 Å². The molecule has 1 aromatic rings. The standard InChI is InChI=1S/C11H11BrO4/c12-9-5-7(11(13)14)1-2-10(9)16-8-3-4-15-6-8/h1-2,5,8H,3-4,6H2,(H,13,14). The Balaban J connectivity index is 2.12. The van der Waals surface area contributed by atoms with E-state index in [-0.39, 0.29) is 11.7 Å². The molecule has 1 aliphatic rings. The molecule has 0 radical (unpaired) electrons. The Morgan fingerprint density at radius 1 is 1.56 bits per heavy atom. The minimum absolute atomic E-state index is 0.0620. The normalized spacial score (nSPS) is 19.7. The SMILES string of the molecule is O=C(O)c1ccc(OC2CCOC2)c(Br)c1. The number of hydrogen-bond donors (Lipinski definition) is 1. The number of halogens is 1. The van der Waals surface area contributed by atoms with Crippen molar-refractivity contribution in [3.8, 4) is 5.75 Å². The molecule has 1 unspecified atom stereocenters. The first-order chi connectivity index (χ1) is 7.66. The summed E-state index contributed by atoms with van der Waals surface area (Å²) in [5.41, 5.74) is 0.238. The second-order valence-electron chi connectivity index (χ2n) is 3.55. The molecule has 1 aliphatic heterocycles. The minimum atomic E-state index is -0.948. The van der Waals surface area contributed by atoms with Crippen LogP contribution < -0.4 is 4.74 Å². The maximum absolute atomic E-state index is 10.7. The fourth-order valence-corrected chi connectivity index (χ4v) is 1.99. The number of ether oxygens (including phenoxy) is 2. The van der Waals surface area contributed by atoms with Gasteiger partial charge in [0.15, 0.2) is 0 Å². The molecule has 0 bridgehead atoms. The number of hydrogen-bond acceptors (Lipinski definition) is 3. The van der Waals surface area contributed by atoms with Gasteiger partial charge in [0.25, 0.3) is 0 Å². The van der Waals surface area contributed by atoms with Crippen LogP contribution in [0.5, 0.6) is 5.75 Å². The summed E-state index contributed by atoms with van der Waals surface area (Å²) >= 11 is 3.29. The maximum Gasteiger partial charge on any atom is 0.335 e. The van der Waals surface area contributed by atoms with Gasteiger partial charge in [-0.15, -0.1) is 0 Å². The van der Waals surface area contributed by atoms with Crippen LogP contribution in [0.1, 0.15) is 16.8 Å². The Morgan fingerprint density at radius 3 is 2.94 bits per heavy atom. The molecule has 0 saturated carbocycles. The second-order valence-corrected chi connectivity index (χ2v) is 4.41. The summed E-state index contributed by atoms with van der Waals surface area (Å²) in [5, 5.41) is 8.80. The topological polar surface area (TPSA) is 55.8 Å². The number of benzene rings is 1. The van der Waals surface area contributed by atoms with Crippen LogP contribution in [0.4, 0.5) is 0 Å². The van der Waals surface area contributed by atoms with Gasteiger partial charge in [-0.2, -0.15) is 0 Å². The van der Waals surface area contributed by atoms with E-state index in [1.54, 1.807) is 6.07 Å². The zero-order chi connectivity index (χ0) is 11.5. The lowest BCUT2D eigenvalue weighted by atomic mass is 10.2. The molecule has 5 heteroatoms. The van der Waals surface area contributed by atoms with Crippen LogP contribution in [0, 0.1) is 0 Å². The molecule has 1 saturated heterocycles. The molecule has 2 rings (SSSR count). The quantitative estimate of drug-likeness (QED) is 0.927. The third kappa shape index (κ3) is 2.54. The van der Waals surface area contributed by atoms with Gasteiger partial charge in [0.05, 0.1) is 23.2 Å². The van der Waals surface area contributed by atoms with E-state index in [1.807, 2.05) is 0 Å². The lowest BCUT2D eigenvalue weighted by Gasteiger charge is -2.13. The predicted octanol–water partition coefficient (Wildman–Crippen LogP) is 2.32. The van der Waals surface area contributed by atoms with Crippen molar-refractivity contribution in [1.29, 1.82) is 0 Å². The van der Waals surface area contributed by atoms with Crippen LogP contribution >= 0.6 is 15.9 Å². The minimum Gasteiger partial charge on any atom is -0.487 e. The highest BCUT2D eigenvalue weighted by Gasteiger charge is 2.18. The Kier molecular flexibility index (Phi) is 3.46. The average Bonchev–Trinajstić information content (AvgIpc) is 2.73. The van der Waals surface area contributed by atoms with Crippen molar-refractivity contribution in [2.45, 2.75) is 12.5 Å². The number of aromatic carboxylic acids is 1. The predicted molar refractivity (Wildman–Crippen MR) is 61.0 cm³/mol.